The van der Waals surface area contributed by atoms with E-state index in [1.165, 1.54) is 12.8 Å². The average molecular weight is 469 g/mol. The predicted octanol–water partition coefficient (Wildman–Crippen LogP) is 2.97. The van der Waals surface area contributed by atoms with E-state index in [1.807, 2.05) is 47.4 Å². The summed E-state index contributed by atoms with van der Waals surface area (Å²) in [5, 5.41) is 11.0. The van der Waals surface area contributed by atoms with E-state index < -0.39 is 0 Å². The maximum Gasteiger partial charge on any atom is 0.191 e. The van der Waals surface area contributed by atoms with Gasteiger partial charge < -0.3 is 15.4 Å². The van der Waals surface area contributed by atoms with Gasteiger partial charge in [-0.2, -0.15) is 5.10 Å². The highest BCUT2D eigenvalue weighted by atomic mass is 127. The molecule has 7 heteroatoms. The van der Waals surface area contributed by atoms with Crippen LogP contribution in [0, 0.1) is 5.92 Å². The molecule has 0 spiro atoms. The number of para-hydroxylation sites is 1. The first-order chi connectivity index (χ1) is 12.3. The van der Waals surface area contributed by atoms with Crippen LogP contribution >= 0.6 is 24.0 Å². The van der Waals surface area contributed by atoms with Gasteiger partial charge in [0.05, 0.1) is 11.9 Å². The van der Waals surface area contributed by atoms with Gasteiger partial charge in [0.15, 0.2) is 5.96 Å². The minimum atomic E-state index is 0. The Morgan fingerprint density at radius 3 is 2.81 bits per heavy atom. The smallest absolute Gasteiger partial charge is 0.191 e. The molecule has 0 amide bonds. The van der Waals surface area contributed by atoms with Gasteiger partial charge in [0.1, 0.15) is 0 Å². The summed E-state index contributed by atoms with van der Waals surface area (Å²) in [6.07, 6.45) is 7.57. The molecule has 1 heterocycles. The van der Waals surface area contributed by atoms with Crippen molar-refractivity contribution in [2.75, 3.05) is 26.8 Å². The summed E-state index contributed by atoms with van der Waals surface area (Å²) in [5.41, 5.74) is 2.17. The average Bonchev–Trinajstić information content (AvgIpc) is 3.36. The fourth-order valence-corrected chi connectivity index (χ4v) is 2.50. The molecule has 0 saturated heterocycles. The van der Waals surface area contributed by atoms with Crippen LogP contribution in [0.4, 0.5) is 0 Å². The Kier molecular flexibility index (Phi) is 8.90. The van der Waals surface area contributed by atoms with Crippen molar-refractivity contribution < 1.29 is 4.74 Å². The minimum Gasteiger partial charge on any atom is -0.381 e. The van der Waals surface area contributed by atoms with Gasteiger partial charge >= 0.3 is 0 Å². The molecule has 1 aliphatic carbocycles. The Labute approximate surface area is 172 Å². The number of halogens is 1. The van der Waals surface area contributed by atoms with Gasteiger partial charge in [-0.15, -0.1) is 24.0 Å². The van der Waals surface area contributed by atoms with Gasteiger partial charge in [-0.1, -0.05) is 18.2 Å². The Bertz CT molecular complexity index is 670. The number of rotatable bonds is 9. The lowest BCUT2D eigenvalue weighted by atomic mass is 10.3. The van der Waals surface area contributed by atoms with Crippen molar-refractivity contribution in [2.24, 2.45) is 10.9 Å². The highest BCUT2D eigenvalue weighted by Crippen LogP contribution is 2.28. The molecule has 0 bridgehead atoms. The highest BCUT2D eigenvalue weighted by Gasteiger charge is 2.20. The number of nitrogens with zero attached hydrogens (tertiary/aromatic N) is 3. The van der Waals surface area contributed by atoms with Gasteiger partial charge in [0, 0.05) is 45.1 Å². The molecule has 0 unspecified atom stereocenters. The summed E-state index contributed by atoms with van der Waals surface area (Å²) < 4.78 is 7.52. The zero-order chi connectivity index (χ0) is 17.3. The van der Waals surface area contributed by atoms with E-state index in [-0.39, 0.29) is 24.0 Å². The van der Waals surface area contributed by atoms with Crippen molar-refractivity contribution in [3.63, 3.8) is 0 Å². The summed E-state index contributed by atoms with van der Waals surface area (Å²) in [5.74, 6) is 1.63. The monoisotopic (exact) mass is 469 g/mol. The number of guanidine groups is 1. The fraction of sp³-hybridized carbons (Fsp3) is 0.474. The third kappa shape index (κ3) is 6.95. The first-order valence-electron chi connectivity index (χ1n) is 8.96. The van der Waals surface area contributed by atoms with Gasteiger partial charge in [-0.05, 0) is 37.3 Å². The van der Waals surface area contributed by atoms with Crippen LogP contribution in [0.3, 0.4) is 0 Å². The van der Waals surface area contributed by atoms with Crippen LogP contribution in [0.25, 0.3) is 5.69 Å². The molecule has 1 aliphatic rings. The highest BCUT2D eigenvalue weighted by molar-refractivity contribution is 14.0. The molecule has 1 saturated carbocycles. The molecule has 1 fully saturated rings. The molecule has 0 radical (unpaired) electrons. The number of nitrogens with one attached hydrogen (secondary N) is 2. The van der Waals surface area contributed by atoms with Gasteiger partial charge in [-0.3, -0.25) is 4.99 Å². The Hall–Kier alpha value is -1.61. The zero-order valence-electron chi connectivity index (χ0n) is 15.2. The topological polar surface area (TPSA) is 63.5 Å². The van der Waals surface area contributed by atoms with E-state index >= 15 is 0 Å². The van der Waals surface area contributed by atoms with Gasteiger partial charge in [-0.25, -0.2) is 4.68 Å². The Morgan fingerprint density at radius 2 is 2.08 bits per heavy atom. The Balaban J connectivity index is 0.00000243. The van der Waals surface area contributed by atoms with E-state index in [4.69, 9.17) is 4.74 Å². The summed E-state index contributed by atoms with van der Waals surface area (Å²) in [6.45, 7) is 3.28. The first kappa shape index (κ1) is 20.7. The molecule has 0 aliphatic heterocycles. The molecule has 1 aromatic heterocycles. The summed E-state index contributed by atoms with van der Waals surface area (Å²) >= 11 is 0. The van der Waals surface area contributed by atoms with E-state index in [0.717, 1.165) is 49.3 Å². The van der Waals surface area contributed by atoms with Crippen LogP contribution < -0.4 is 10.6 Å². The molecule has 0 atom stereocenters. The second-order valence-corrected chi connectivity index (χ2v) is 6.35. The van der Waals surface area contributed by atoms with E-state index in [9.17, 15) is 0 Å². The molecule has 3 rings (SSSR count). The maximum absolute atomic E-state index is 5.64. The lowest BCUT2D eigenvalue weighted by Crippen LogP contribution is -2.37. The van der Waals surface area contributed by atoms with Crippen molar-refractivity contribution in [1.82, 2.24) is 20.4 Å². The second-order valence-electron chi connectivity index (χ2n) is 6.35. The number of hydrogen-bond donors (Lipinski definition) is 2. The van der Waals surface area contributed by atoms with Gasteiger partial charge in [0.25, 0.3) is 0 Å². The molecule has 1 aromatic carbocycles. The van der Waals surface area contributed by atoms with Crippen LogP contribution in [0.15, 0.2) is 47.7 Å². The number of aromatic nitrogens is 2. The summed E-state index contributed by atoms with van der Waals surface area (Å²) in [6, 6.07) is 10.1. The van der Waals surface area contributed by atoms with E-state index in [1.54, 1.807) is 7.05 Å². The van der Waals surface area contributed by atoms with Crippen LogP contribution in [-0.2, 0) is 11.3 Å². The molecule has 2 N–H and O–H groups in total. The zero-order valence-corrected chi connectivity index (χ0v) is 17.6. The van der Waals surface area contributed by atoms with E-state index in [0.29, 0.717) is 6.54 Å². The predicted molar refractivity (Wildman–Crippen MR) is 115 cm³/mol. The lowest BCUT2D eigenvalue weighted by Gasteiger charge is -2.11. The fourth-order valence-electron chi connectivity index (χ4n) is 2.50. The van der Waals surface area contributed by atoms with Crippen LogP contribution in [0.5, 0.6) is 0 Å². The molecular weight excluding hydrogens is 441 g/mol. The lowest BCUT2D eigenvalue weighted by molar-refractivity contribution is 0.123. The quantitative estimate of drug-likeness (QED) is 0.257. The molecule has 26 heavy (non-hydrogen) atoms. The Morgan fingerprint density at radius 1 is 1.27 bits per heavy atom. The molecule has 142 valence electrons. The second kappa shape index (κ2) is 11.2. The normalized spacial score (nSPS) is 14.0. The standard InChI is InChI=1S/C19H27N5O.HI/c1-20-19(21-10-5-11-25-15-16-8-9-16)22-12-17-13-23-24(14-17)18-6-3-2-4-7-18;/h2-4,6-7,13-14,16H,5,8-12,15H2,1H3,(H2,20,21,22);1H. The number of aliphatic imine (C=N–C) groups is 1. The number of benzene rings is 1. The van der Waals surface area contributed by atoms with Crippen molar-refractivity contribution in [1.29, 1.82) is 0 Å². The molecular formula is C19H28IN5O. The number of hydrogen-bond acceptors (Lipinski definition) is 3. The van der Waals surface area contributed by atoms with Crippen LogP contribution in [0.2, 0.25) is 0 Å². The number of ether oxygens (including phenoxy) is 1. The van der Waals surface area contributed by atoms with Crippen molar-refractivity contribution in [2.45, 2.75) is 25.8 Å². The van der Waals surface area contributed by atoms with Crippen molar-refractivity contribution in [3.05, 3.63) is 48.3 Å². The molecule has 6 nitrogen and oxygen atoms in total. The third-order valence-corrected chi connectivity index (χ3v) is 4.15. The third-order valence-electron chi connectivity index (χ3n) is 4.15. The van der Waals surface area contributed by atoms with Crippen LogP contribution in [-0.4, -0.2) is 42.5 Å². The van der Waals surface area contributed by atoms with Crippen molar-refractivity contribution >= 4 is 29.9 Å². The van der Waals surface area contributed by atoms with E-state index in [2.05, 4.69) is 20.7 Å². The summed E-state index contributed by atoms with van der Waals surface area (Å²) in [7, 11) is 1.78. The van der Waals surface area contributed by atoms with Crippen LogP contribution in [0.1, 0.15) is 24.8 Å². The van der Waals surface area contributed by atoms with Crippen molar-refractivity contribution in [3.8, 4) is 5.69 Å². The summed E-state index contributed by atoms with van der Waals surface area (Å²) in [4.78, 5) is 4.25. The maximum atomic E-state index is 5.64. The molecule has 2 aromatic rings. The van der Waals surface area contributed by atoms with Gasteiger partial charge in [0.2, 0.25) is 0 Å². The minimum absolute atomic E-state index is 0. The largest absolute Gasteiger partial charge is 0.381 e. The first-order valence-corrected chi connectivity index (χ1v) is 8.96. The SMILES string of the molecule is CN=C(NCCCOCC1CC1)NCc1cnn(-c2ccccc2)c1.I.